The Morgan fingerprint density at radius 3 is 2.72 bits per heavy atom. The fourth-order valence-corrected chi connectivity index (χ4v) is 3.48. The van der Waals surface area contributed by atoms with E-state index in [0.717, 1.165) is 28.2 Å². The van der Waals surface area contributed by atoms with Gasteiger partial charge in [-0.05, 0) is 40.3 Å². The predicted molar refractivity (Wildman–Crippen MR) is 95.3 cm³/mol. The summed E-state index contributed by atoms with van der Waals surface area (Å²) in [5.41, 5.74) is 2.93. The Balaban J connectivity index is 1.40. The van der Waals surface area contributed by atoms with Gasteiger partial charge in [0, 0.05) is 12.1 Å². The molecule has 124 valence electrons. The molecule has 0 aliphatic rings. The molecule has 0 aliphatic heterocycles. The minimum Gasteiger partial charge on any atom is -0.324 e. The third kappa shape index (κ3) is 3.69. The molecule has 0 aliphatic carbocycles. The fraction of sp³-hybridized carbons (Fsp3) is 0.118. The van der Waals surface area contributed by atoms with Crippen LogP contribution in [-0.2, 0) is 17.8 Å². The fourth-order valence-electron chi connectivity index (χ4n) is 2.48. The number of tetrazole rings is 1. The van der Waals surface area contributed by atoms with E-state index in [4.69, 9.17) is 0 Å². The number of thiazole rings is 1. The topological polar surface area (TPSA) is 85.6 Å². The highest BCUT2D eigenvalue weighted by atomic mass is 32.1. The van der Waals surface area contributed by atoms with Gasteiger partial charge >= 0.3 is 0 Å². The summed E-state index contributed by atoms with van der Waals surface area (Å²) in [6, 6.07) is 15.9. The second kappa shape index (κ2) is 6.78. The summed E-state index contributed by atoms with van der Waals surface area (Å²) < 4.78 is 2.57. The number of para-hydroxylation sites is 1. The number of hydrogen-bond acceptors (Lipinski definition) is 6. The molecular weight excluding hydrogens is 336 g/mol. The van der Waals surface area contributed by atoms with Gasteiger partial charge in [-0.3, -0.25) is 4.79 Å². The number of aromatic nitrogens is 5. The maximum Gasteiger partial charge on any atom is 0.246 e. The monoisotopic (exact) mass is 350 g/mol. The van der Waals surface area contributed by atoms with Crippen molar-refractivity contribution in [1.29, 1.82) is 0 Å². The van der Waals surface area contributed by atoms with Crippen LogP contribution in [0.15, 0.2) is 54.9 Å². The van der Waals surface area contributed by atoms with Crippen LogP contribution in [0.1, 0.15) is 10.6 Å². The molecule has 0 fully saturated rings. The van der Waals surface area contributed by atoms with Crippen molar-refractivity contribution in [1.82, 2.24) is 25.2 Å². The molecule has 0 bridgehead atoms. The van der Waals surface area contributed by atoms with E-state index in [1.165, 1.54) is 15.7 Å². The van der Waals surface area contributed by atoms with Crippen LogP contribution in [0.2, 0.25) is 0 Å². The Morgan fingerprint density at radius 1 is 1.12 bits per heavy atom. The third-order valence-corrected chi connectivity index (χ3v) is 4.66. The average molecular weight is 350 g/mol. The van der Waals surface area contributed by atoms with Gasteiger partial charge in [-0.2, -0.15) is 0 Å². The lowest BCUT2D eigenvalue weighted by atomic mass is 10.1. The quantitative estimate of drug-likeness (QED) is 0.598. The molecule has 2 aromatic carbocycles. The number of fused-ring (bicyclic) bond motifs is 1. The Bertz CT molecular complexity index is 961. The van der Waals surface area contributed by atoms with Crippen LogP contribution in [-0.4, -0.2) is 31.1 Å². The van der Waals surface area contributed by atoms with Crippen molar-refractivity contribution in [3.63, 3.8) is 0 Å². The van der Waals surface area contributed by atoms with Crippen molar-refractivity contribution in [2.45, 2.75) is 13.0 Å². The summed E-state index contributed by atoms with van der Waals surface area (Å²) in [4.78, 5) is 16.6. The van der Waals surface area contributed by atoms with E-state index in [0.29, 0.717) is 0 Å². The molecule has 2 aromatic heterocycles. The summed E-state index contributed by atoms with van der Waals surface area (Å²) in [6.45, 7) is 0.0838. The smallest absolute Gasteiger partial charge is 0.246 e. The van der Waals surface area contributed by atoms with Gasteiger partial charge in [0.15, 0.2) is 0 Å². The minimum absolute atomic E-state index is 0.0838. The van der Waals surface area contributed by atoms with Gasteiger partial charge in [-0.15, -0.1) is 16.4 Å². The maximum absolute atomic E-state index is 11.9. The molecule has 0 saturated carbocycles. The van der Waals surface area contributed by atoms with Gasteiger partial charge in [0.1, 0.15) is 12.9 Å². The molecule has 8 heteroatoms. The lowest BCUT2D eigenvalue weighted by Crippen LogP contribution is -2.19. The number of hydrogen-bond donors (Lipinski definition) is 1. The second-order valence-corrected chi connectivity index (χ2v) is 6.62. The number of anilines is 1. The first-order valence-corrected chi connectivity index (χ1v) is 8.52. The van der Waals surface area contributed by atoms with Crippen LogP contribution in [0.4, 0.5) is 5.69 Å². The van der Waals surface area contributed by atoms with Gasteiger partial charge in [0.2, 0.25) is 5.91 Å². The van der Waals surface area contributed by atoms with Crippen molar-refractivity contribution in [2.75, 3.05) is 5.32 Å². The zero-order valence-electron chi connectivity index (χ0n) is 13.2. The van der Waals surface area contributed by atoms with Crippen LogP contribution < -0.4 is 5.32 Å². The number of carbonyl (C=O) groups excluding carboxylic acids is 1. The van der Waals surface area contributed by atoms with Crippen molar-refractivity contribution < 1.29 is 4.79 Å². The van der Waals surface area contributed by atoms with Crippen molar-refractivity contribution in [3.8, 4) is 0 Å². The van der Waals surface area contributed by atoms with E-state index in [-0.39, 0.29) is 12.5 Å². The average Bonchev–Trinajstić information content (AvgIpc) is 3.25. The Hall–Kier alpha value is -3.13. The SMILES string of the molecule is O=C(Cn1cnnn1)Nc1ccc(Cc2nc3ccccc3s2)cc1. The van der Waals surface area contributed by atoms with Gasteiger partial charge in [0.05, 0.1) is 15.2 Å². The lowest BCUT2D eigenvalue weighted by Gasteiger charge is -2.05. The summed E-state index contributed by atoms with van der Waals surface area (Å²) in [5, 5.41) is 14.6. The summed E-state index contributed by atoms with van der Waals surface area (Å²) in [6.07, 6.45) is 2.18. The predicted octanol–water partition coefficient (Wildman–Crippen LogP) is 2.51. The molecule has 1 N–H and O–H groups in total. The third-order valence-electron chi connectivity index (χ3n) is 3.63. The number of carbonyl (C=O) groups is 1. The molecule has 25 heavy (non-hydrogen) atoms. The Labute approximate surface area is 147 Å². The van der Waals surface area contributed by atoms with E-state index < -0.39 is 0 Å². The van der Waals surface area contributed by atoms with Crippen LogP contribution >= 0.6 is 11.3 Å². The largest absolute Gasteiger partial charge is 0.324 e. The zero-order valence-corrected chi connectivity index (χ0v) is 14.0. The van der Waals surface area contributed by atoms with E-state index in [1.54, 1.807) is 11.3 Å². The molecule has 2 heterocycles. The van der Waals surface area contributed by atoms with Crippen molar-refractivity contribution >= 4 is 33.1 Å². The normalized spacial score (nSPS) is 10.9. The van der Waals surface area contributed by atoms with Crippen LogP contribution in [0.25, 0.3) is 10.2 Å². The lowest BCUT2D eigenvalue weighted by molar-refractivity contribution is -0.116. The first-order chi connectivity index (χ1) is 12.3. The molecule has 1 amide bonds. The first kappa shape index (κ1) is 15.4. The van der Waals surface area contributed by atoms with Gasteiger partial charge in [-0.1, -0.05) is 24.3 Å². The molecule has 4 rings (SSSR count). The standard InChI is InChI=1S/C17H14N6OS/c24-16(10-23-11-18-21-22-23)19-13-7-5-12(6-8-13)9-17-20-14-3-1-2-4-15(14)25-17/h1-8,11H,9-10H2,(H,19,24). The van der Waals surface area contributed by atoms with E-state index in [2.05, 4.69) is 31.9 Å². The highest BCUT2D eigenvalue weighted by molar-refractivity contribution is 7.18. The number of nitrogens with one attached hydrogen (secondary N) is 1. The van der Waals surface area contributed by atoms with Gasteiger partial charge < -0.3 is 5.32 Å². The molecule has 4 aromatic rings. The first-order valence-electron chi connectivity index (χ1n) is 7.70. The summed E-state index contributed by atoms with van der Waals surface area (Å²) in [7, 11) is 0. The zero-order chi connectivity index (χ0) is 17.1. The summed E-state index contributed by atoms with van der Waals surface area (Å²) in [5.74, 6) is -0.175. The number of rotatable bonds is 5. The molecule has 0 unspecified atom stereocenters. The van der Waals surface area contributed by atoms with Gasteiger partial charge in [0.25, 0.3) is 0 Å². The Kier molecular flexibility index (Phi) is 4.17. The molecule has 0 spiro atoms. The van der Waals surface area contributed by atoms with E-state index in [9.17, 15) is 4.79 Å². The molecule has 7 nitrogen and oxygen atoms in total. The minimum atomic E-state index is -0.175. The van der Waals surface area contributed by atoms with Gasteiger partial charge in [-0.25, -0.2) is 9.67 Å². The van der Waals surface area contributed by atoms with Crippen LogP contribution in [0.3, 0.4) is 0 Å². The molecule has 0 radical (unpaired) electrons. The molecule has 0 saturated heterocycles. The van der Waals surface area contributed by atoms with Crippen molar-refractivity contribution in [3.05, 3.63) is 65.4 Å². The second-order valence-electron chi connectivity index (χ2n) is 5.50. The molecular formula is C17H14N6OS. The van der Waals surface area contributed by atoms with Crippen molar-refractivity contribution in [2.24, 2.45) is 0 Å². The number of benzene rings is 2. The Morgan fingerprint density at radius 2 is 1.96 bits per heavy atom. The van der Waals surface area contributed by atoms with Crippen LogP contribution in [0, 0.1) is 0 Å². The van der Waals surface area contributed by atoms with E-state index >= 15 is 0 Å². The maximum atomic E-state index is 11.9. The number of nitrogens with zero attached hydrogens (tertiary/aromatic N) is 5. The highest BCUT2D eigenvalue weighted by Crippen LogP contribution is 2.24. The summed E-state index contributed by atoms with van der Waals surface area (Å²) >= 11 is 1.71. The number of amides is 1. The molecule has 0 atom stereocenters. The van der Waals surface area contributed by atoms with E-state index in [1.807, 2.05) is 42.5 Å². The van der Waals surface area contributed by atoms with Crippen LogP contribution in [0.5, 0.6) is 0 Å². The highest BCUT2D eigenvalue weighted by Gasteiger charge is 2.06.